The van der Waals surface area contributed by atoms with Crippen molar-refractivity contribution in [3.63, 3.8) is 0 Å². The molecule has 0 aliphatic carbocycles. The highest BCUT2D eigenvalue weighted by Gasteiger charge is 2.37. The van der Waals surface area contributed by atoms with Crippen LogP contribution in [-0.4, -0.2) is 37.9 Å². The second-order valence-electron chi connectivity index (χ2n) is 7.24. The van der Waals surface area contributed by atoms with Crippen molar-refractivity contribution >= 4 is 20.2 Å². The van der Waals surface area contributed by atoms with Crippen molar-refractivity contribution < 1.29 is 23.5 Å². The first-order valence-corrected chi connectivity index (χ1v) is 10.8. The smallest absolute Gasteiger partial charge is 0.326 e. The second kappa shape index (κ2) is 7.89. The molecule has 2 N–H and O–H groups in total. The fourth-order valence-corrected chi connectivity index (χ4v) is 2.85. The SMILES string of the molecule is CC(C)(C)[Si](C)(C)OCC[C@@H](NC(=O)c1ccccc1F)C(=O)O. The predicted octanol–water partition coefficient (Wildman–Crippen LogP) is 3.42. The number of carboxylic acids is 1. The minimum absolute atomic E-state index is 0.0160. The lowest BCUT2D eigenvalue weighted by atomic mass is 10.1. The average molecular weight is 355 g/mol. The van der Waals surface area contributed by atoms with Crippen LogP contribution in [0.5, 0.6) is 0 Å². The lowest BCUT2D eigenvalue weighted by molar-refractivity contribution is -0.139. The summed E-state index contributed by atoms with van der Waals surface area (Å²) in [7, 11) is -1.98. The number of carbonyl (C=O) groups is 2. The Labute approximate surface area is 143 Å². The zero-order chi connectivity index (χ0) is 18.5. The summed E-state index contributed by atoms with van der Waals surface area (Å²) in [5.74, 6) is -2.59. The third kappa shape index (κ3) is 5.42. The van der Waals surface area contributed by atoms with Crippen LogP contribution in [0.3, 0.4) is 0 Å². The number of nitrogens with one attached hydrogen (secondary N) is 1. The Bertz CT molecular complexity index is 598. The van der Waals surface area contributed by atoms with E-state index in [0.29, 0.717) is 0 Å². The fourth-order valence-electron chi connectivity index (χ4n) is 1.79. The van der Waals surface area contributed by atoms with Crippen molar-refractivity contribution in [3.05, 3.63) is 35.6 Å². The number of carboxylic acid groups (broad SMARTS) is 1. The molecule has 24 heavy (non-hydrogen) atoms. The molecule has 0 bridgehead atoms. The molecule has 1 atom stereocenters. The van der Waals surface area contributed by atoms with Gasteiger partial charge in [0.1, 0.15) is 11.9 Å². The molecule has 0 saturated carbocycles. The summed E-state index contributed by atoms with van der Waals surface area (Å²) in [6, 6.07) is 4.34. The monoisotopic (exact) mass is 355 g/mol. The molecule has 1 amide bonds. The molecular weight excluding hydrogens is 329 g/mol. The van der Waals surface area contributed by atoms with Gasteiger partial charge in [-0.1, -0.05) is 32.9 Å². The van der Waals surface area contributed by atoms with Gasteiger partial charge in [0.2, 0.25) is 0 Å². The molecule has 0 unspecified atom stereocenters. The van der Waals surface area contributed by atoms with Crippen LogP contribution in [-0.2, 0) is 9.22 Å². The van der Waals surface area contributed by atoms with Gasteiger partial charge in [0, 0.05) is 13.0 Å². The first-order valence-electron chi connectivity index (χ1n) is 7.88. The van der Waals surface area contributed by atoms with E-state index in [1.807, 2.05) is 0 Å². The maximum atomic E-state index is 13.6. The van der Waals surface area contributed by atoms with Gasteiger partial charge in [-0.2, -0.15) is 0 Å². The molecule has 0 fully saturated rings. The van der Waals surface area contributed by atoms with Gasteiger partial charge in [0.05, 0.1) is 5.56 Å². The number of halogens is 1. The van der Waals surface area contributed by atoms with Gasteiger partial charge >= 0.3 is 5.97 Å². The quantitative estimate of drug-likeness (QED) is 0.735. The summed E-state index contributed by atoms with van der Waals surface area (Å²) in [6.45, 7) is 10.6. The third-order valence-electron chi connectivity index (χ3n) is 4.40. The molecule has 1 aromatic carbocycles. The Morgan fingerprint density at radius 3 is 2.38 bits per heavy atom. The molecule has 0 radical (unpaired) electrons. The molecule has 0 saturated heterocycles. The maximum Gasteiger partial charge on any atom is 0.326 e. The summed E-state index contributed by atoms with van der Waals surface area (Å²) < 4.78 is 19.5. The van der Waals surface area contributed by atoms with Crippen molar-refractivity contribution in [1.82, 2.24) is 5.32 Å². The summed E-state index contributed by atoms with van der Waals surface area (Å²) in [5, 5.41) is 11.6. The number of amides is 1. The van der Waals surface area contributed by atoms with Gasteiger partial charge in [-0.25, -0.2) is 9.18 Å². The van der Waals surface area contributed by atoms with Crippen molar-refractivity contribution in [2.45, 2.75) is 51.4 Å². The van der Waals surface area contributed by atoms with E-state index < -0.39 is 32.1 Å². The minimum atomic E-state index is -1.98. The molecule has 0 aliphatic heterocycles. The summed E-state index contributed by atoms with van der Waals surface area (Å²) in [6.07, 6.45) is 0.127. The van der Waals surface area contributed by atoms with E-state index in [-0.39, 0.29) is 23.6 Å². The van der Waals surface area contributed by atoms with E-state index in [2.05, 4.69) is 39.2 Å². The van der Waals surface area contributed by atoms with Crippen molar-refractivity contribution in [3.8, 4) is 0 Å². The van der Waals surface area contributed by atoms with E-state index >= 15 is 0 Å². The molecule has 7 heteroatoms. The largest absolute Gasteiger partial charge is 0.480 e. The van der Waals surface area contributed by atoms with Crippen molar-refractivity contribution in [2.75, 3.05) is 6.61 Å². The van der Waals surface area contributed by atoms with Crippen LogP contribution in [0.25, 0.3) is 0 Å². The highest BCUT2D eigenvalue weighted by atomic mass is 28.4. The summed E-state index contributed by atoms with van der Waals surface area (Å²) >= 11 is 0. The third-order valence-corrected chi connectivity index (χ3v) is 8.94. The van der Waals surface area contributed by atoms with E-state index in [1.54, 1.807) is 0 Å². The van der Waals surface area contributed by atoms with E-state index in [4.69, 9.17) is 4.43 Å². The Kier molecular flexibility index (Phi) is 6.68. The predicted molar refractivity (Wildman–Crippen MR) is 93.1 cm³/mol. The van der Waals surface area contributed by atoms with Gasteiger partial charge in [0.15, 0.2) is 8.32 Å². The molecule has 134 valence electrons. The Hall–Kier alpha value is -1.73. The molecule has 1 rings (SSSR count). The number of carbonyl (C=O) groups excluding carboxylic acids is 1. The highest BCUT2D eigenvalue weighted by Crippen LogP contribution is 2.36. The normalized spacial score (nSPS) is 13.4. The minimum Gasteiger partial charge on any atom is -0.480 e. The van der Waals surface area contributed by atoms with Crippen molar-refractivity contribution in [1.29, 1.82) is 0 Å². The average Bonchev–Trinajstić information content (AvgIpc) is 2.45. The van der Waals surface area contributed by atoms with Crippen LogP contribution in [0, 0.1) is 5.82 Å². The van der Waals surface area contributed by atoms with Gasteiger partial charge < -0.3 is 14.8 Å². The molecule has 5 nitrogen and oxygen atoms in total. The van der Waals surface area contributed by atoms with Crippen LogP contribution < -0.4 is 5.32 Å². The number of hydrogen-bond acceptors (Lipinski definition) is 3. The summed E-state index contributed by atoms with van der Waals surface area (Å²) in [4.78, 5) is 23.4. The summed E-state index contributed by atoms with van der Waals surface area (Å²) in [5.41, 5.74) is -0.172. The van der Waals surface area contributed by atoms with Gasteiger partial charge in [-0.15, -0.1) is 0 Å². The van der Waals surface area contributed by atoms with Gasteiger partial charge in [0.25, 0.3) is 5.91 Å². The maximum absolute atomic E-state index is 13.6. The van der Waals surface area contributed by atoms with Gasteiger partial charge in [-0.3, -0.25) is 4.79 Å². The van der Waals surface area contributed by atoms with Crippen molar-refractivity contribution in [2.24, 2.45) is 0 Å². The number of aliphatic carboxylic acids is 1. The Balaban J connectivity index is 2.68. The number of rotatable bonds is 7. The lowest BCUT2D eigenvalue weighted by Gasteiger charge is -2.36. The van der Waals surface area contributed by atoms with Crippen LogP contribution >= 0.6 is 0 Å². The van der Waals surface area contributed by atoms with Gasteiger partial charge in [-0.05, 0) is 30.3 Å². The number of hydrogen-bond donors (Lipinski definition) is 2. The standard InChI is InChI=1S/C17H26FNO4Si/c1-17(2,3)24(4,5)23-11-10-14(16(21)22)19-15(20)12-8-6-7-9-13(12)18/h6-9,14H,10-11H2,1-5H3,(H,19,20)(H,21,22)/t14-/m1/s1. The Morgan fingerprint density at radius 1 is 1.29 bits per heavy atom. The molecule has 1 aromatic rings. The van der Waals surface area contributed by atoms with E-state index in [9.17, 15) is 19.1 Å². The lowest BCUT2D eigenvalue weighted by Crippen LogP contribution is -2.44. The molecule has 0 spiro atoms. The number of benzene rings is 1. The highest BCUT2D eigenvalue weighted by molar-refractivity contribution is 6.74. The Morgan fingerprint density at radius 2 is 1.88 bits per heavy atom. The van der Waals surface area contributed by atoms with Crippen LogP contribution in [0.1, 0.15) is 37.6 Å². The van der Waals surface area contributed by atoms with E-state index in [0.717, 1.165) is 6.07 Å². The van der Waals surface area contributed by atoms with Crippen LogP contribution in [0.2, 0.25) is 18.1 Å². The zero-order valence-electron chi connectivity index (χ0n) is 14.9. The second-order valence-corrected chi connectivity index (χ2v) is 12.1. The molecule has 0 aromatic heterocycles. The molecular formula is C17H26FNO4Si. The topological polar surface area (TPSA) is 75.6 Å². The molecule has 0 aliphatic rings. The first-order chi connectivity index (χ1) is 11.0. The van der Waals surface area contributed by atoms with Crippen LogP contribution in [0.4, 0.5) is 4.39 Å². The van der Waals surface area contributed by atoms with E-state index in [1.165, 1.54) is 18.2 Å². The fraction of sp³-hybridized carbons (Fsp3) is 0.529. The first kappa shape index (κ1) is 20.3. The molecule has 0 heterocycles. The van der Waals surface area contributed by atoms with Crippen LogP contribution in [0.15, 0.2) is 24.3 Å². The zero-order valence-corrected chi connectivity index (χ0v) is 15.9.